The Hall–Kier alpha value is -4.20. The molecular formula is C28H30N6O2. The molecular weight excluding hydrogens is 452 g/mol. The van der Waals surface area contributed by atoms with Gasteiger partial charge in [0.15, 0.2) is 11.6 Å². The van der Waals surface area contributed by atoms with Crippen molar-refractivity contribution in [1.29, 1.82) is 0 Å². The number of carbonyl (C=O) groups is 1. The number of aromatic nitrogens is 5. The number of nitrogens with zero attached hydrogens (tertiary/aromatic N) is 4. The van der Waals surface area contributed by atoms with Crippen molar-refractivity contribution in [1.82, 2.24) is 29.6 Å². The lowest BCUT2D eigenvalue weighted by molar-refractivity contribution is 0.0773. The average Bonchev–Trinajstić information content (AvgIpc) is 3.48. The van der Waals surface area contributed by atoms with Gasteiger partial charge in [-0.05, 0) is 49.6 Å². The molecule has 0 saturated heterocycles. The van der Waals surface area contributed by atoms with Crippen LogP contribution in [0.3, 0.4) is 0 Å². The van der Waals surface area contributed by atoms with Gasteiger partial charge in [-0.25, -0.2) is 4.98 Å². The van der Waals surface area contributed by atoms with E-state index in [1.165, 1.54) is 0 Å². The SMILES string of the molecule is CCN(CC)C(=O)c1ccc2c(c1)nc(-c1cc3ccccc3[nH]c1=O)n2-c1cc(C(C)(C)C)[nH]n1. The van der Waals surface area contributed by atoms with E-state index >= 15 is 0 Å². The second-order valence-corrected chi connectivity index (χ2v) is 9.94. The molecule has 0 spiro atoms. The maximum atomic E-state index is 13.2. The van der Waals surface area contributed by atoms with Crippen LogP contribution < -0.4 is 5.56 Å². The van der Waals surface area contributed by atoms with E-state index in [9.17, 15) is 9.59 Å². The summed E-state index contributed by atoms with van der Waals surface area (Å²) in [7, 11) is 0. The summed E-state index contributed by atoms with van der Waals surface area (Å²) in [5.74, 6) is 1.06. The molecule has 36 heavy (non-hydrogen) atoms. The van der Waals surface area contributed by atoms with Gasteiger partial charge < -0.3 is 9.88 Å². The third-order valence-corrected chi connectivity index (χ3v) is 6.55. The van der Waals surface area contributed by atoms with Gasteiger partial charge in [0.2, 0.25) is 0 Å². The lowest BCUT2D eigenvalue weighted by Gasteiger charge is -2.18. The highest BCUT2D eigenvalue weighted by atomic mass is 16.2. The molecule has 184 valence electrons. The summed E-state index contributed by atoms with van der Waals surface area (Å²) in [6, 6.07) is 17.0. The number of hydrogen-bond donors (Lipinski definition) is 2. The van der Waals surface area contributed by atoms with E-state index in [-0.39, 0.29) is 16.9 Å². The molecule has 5 rings (SSSR count). The molecule has 0 aliphatic rings. The van der Waals surface area contributed by atoms with Gasteiger partial charge in [-0.3, -0.25) is 19.3 Å². The van der Waals surface area contributed by atoms with Crippen LogP contribution >= 0.6 is 0 Å². The van der Waals surface area contributed by atoms with Gasteiger partial charge in [0.25, 0.3) is 11.5 Å². The Morgan fingerprint density at radius 2 is 1.78 bits per heavy atom. The van der Waals surface area contributed by atoms with Crippen molar-refractivity contribution in [3.05, 3.63) is 76.2 Å². The van der Waals surface area contributed by atoms with Crippen molar-refractivity contribution in [3.8, 4) is 17.2 Å². The molecule has 3 aromatic heterocycles. The molecule has 0 aliphatic heterocycles. The molecule has 0 fully saturated rings. The first-order chi connectivity index (χ1) is 17.2. The summed E-state index contributed by atoms with van der Waals surface area (Å²) in [5.41, 5.74) is 3.73. The number of H-pyrrole nitrogens is 2. The molecule has 3 heterocycles. The molecule has 2 N–H and O–H groups in total. The van der Waals surface area contributed by atoms with Crippen LogP contribution in [0.1, 0.15) is 50.7 Å². The Morgan fingerprint density at radius 3 is 2.47 bits per heavy atom. The highest BCUT2D eigenvalue weighted by molar-refractivity contribution is 5.98. The molecule has 5 aromatic rings. The van der Waals surface area contributed by atoms with Crippen LogP contribution in [0.25, 0.3) is 39.1 Å². The van der Waals surface area contributed by atoms with Crippen LogP contribution in [0, 0.1) is 0 Å². The molecule has 8 heteroatoms. The van der Waals surface area contributed by atoms with Gasteiger partial charge >= 0.3 is 0 Å². The normalized spacial score (nSPS) is 11.9. The Bertz CT molecular complexity index is 1650. The van der Waals surface area contributed by atoms with Crippen molar-refractivity contribution in [2.75, 3.05) is 13.1 Å². The number of pyridine rings is 1. The van der Waals surface area contributed by atoms with Gasteiger partial charge in [-0.2, -0.15) is 5.10 Å². The number of benzene rings is 2. The second-order valence-electron chi connectivity index (χ2n) is 9.94. The second kappa shape index (κ2) is 8.78. The Morgan fingerprint density at radius 1 is 1.03 bits per heavy atom. The molecule has 0 unspecified atom stereocenters. The molecule has 1 amide bonds. The zero-order valence-electron chi connectivity index (χ0n) is 21.2. The minimum atomic E-state index is -0.240. The van der Waals surface area contributed by atoms with Crippen molar-refractivity contribution in [3.63, 3.8) is 0 Å². The number of nitrogens with one attached hydrogen (secondary N) is 2. The molecule has 2 aromatic carbocycles. The first-order valence-electron chi connectivity index (χ1n) is 12.2. The molecule has 0 aliphatic carbocycles. The summed E-state index contributed by atoms with van der Waals surface area (Å²) in [6.07, 6.45) is 0. The third kappa shape index (κ3) is 3.98. The number of para-hydroxylation sites is 1. The largest absolute Gasteiger partial charge is 0.339 e. The Labute approximate surface area is 209 Å². The van der Waals surface area contributed by atoms with Crippen LogP contribution in [-0.4, -0.2) is 48.6 Å². The van der Waals surface area contributed by atoms with Gasteiger partial charge in [0.05, 0.1) is 16.6 Å². The van der Waals surface area contributed by atoms with Crippen LogP contribution in [-0.2, 0) is 5.41 Å². The number of imidazole rings is 1. The topological polar surface area (TPSA) is 99.7 Å². The predicted molar refractivity (Wildman–Crippen MR) is 143 cm³/mol. The number of amides is 1. The number of fused-ring (bicyclic) bond motifs is 2. The smallest absolute Gasteiger partial charge is 0.259 e. The predicted octanol–water partition coefficient (Wildman–Crippen LogP) is 5.04. The first kappa shape index (κ1) is 23.5. The zero-order valence-corrected chi connectivity index (χ0v) is 21.2. The lowest BCUT2D eigenvalue weighted by Crippen LogP contribution is -2.30. The minimum absolute atomic E-state index is 0.0451. The third-order valence-electron chi connectivity index (χ3n) is 6.55. The summed E-state index contributed by atoms with van der Waals surface area (Å²) in [4.78, 5) is 35.8. The maximum absolute atomic E-state index is 13.2. The molecule has 0 atom stereocenters. The standard InChI is InChI=1S/C28H30N6O2/c1-6-33(7-2)27(36)18-12-13-22-21(15-18)29-25(34(22)24-16-23(31-32-24)28(3,4)5)19-14-17-10-8-9-11-20(17)30-26(19)35/h8-16H,6-7H2,1-5H3,(H,30,35)(H,31,32). The average molecular weight is 483 g/mol. The monoisotopic (exact) mass is 482 g/mol. The van der Waals surface area contributed by atoms with Crippen molar-refractivity contribution in [2.24, 2.45) is 0 Å². The minimum Gasteiger partial charge on any atom is -0.339 e. The van der Waals surface area contributed by atoms with Gasteiger partial charge in [-0.1, -0.05) is 39.0 Å². The number of rotatable bonds is 5. The number of hydrogen-bond acceptors (Lipinski definition) is 4. The summed E-state index contributed by atoms with van der Waals surface area (Å²) < 4.78 is 1.88. The van der Waals surface area contributed by atoms with Crippen LogP contribution in [0.4, 0.5) is 0 Å². The van der Waals surface area contributed by atoms with Gasteiger partial charge in [0.1, 0.15) is 0 Å². The van der Waals surface area contributed by atoms with E-state index in [1.807, 2.05) is 66.9 Å². The summed E-state index contributed by atoms with van der Waals surface area (Å²) in [6.45, 7) is 11.5. The van der Waals surface area contributed by atoms with Crippen LogP contribution in [0.2, 0.25) is 0 Å². The van der Waals surface area contributed by atoms with E-state index in [0.717, 1.165) is 22.1 Å². The number of carbonyl (C=O) groups excluding carboxylic acids is 1. The fourth-order valence-corrected chi connectivity index (χ4v) is 4.44. The lowest BCUT2D eigenvalue weighted by atomic mass is 9.92. The molecule has 0 saturated carbocycles. The first-order valence-corrected chi connectivity index (χ1v) is 12.2. The van der Waals surface area contributed by atoms with Gasteiger partial charge in [-0.15, -0.1) is 0 Å². The maximum Gasteiger partial charge on any atom is 0.259 e. The summed E-state index contributed by atoms with van der Waals surface area (Å²) in [5, 5.41) is 8.62. The van der Waals surface area contributed by atoms with Gasteiger partial charge in [0, 0.05) is 41.3 Å². The highest BCUT2D eigenvalue weighted by Gasteiger charge is 2.23. The Kier molecular flexibility index (Phi) is 5.74. The van der Waals surface area contributed by atoms with Crippen molar-refractivity contribution < 1.29 is 4.79 Å². The highest BCUT2D eigenvalue weighted by Crippen LogP contribution is 2.30. The van der Waals surface area contributed by atoms with Crippen LogP contribution in [0.5, 0.6) is 0 Å². The molecule has 8 nitrogen and oxygen atoms in total. The molecule has 0 radical (unpaired) electrons. The van der Waals surface area contributed by atoms with E-state index in [0.29, 0.717) is 41.4 Å². The number of aromatic amines is 2. The fourth-order valence-electron chi connectivity index (χ4n) is 4.44. The Balaban J connectivity index is 1.77. The van der Waals surface area contributed by atoms with E-state index in [2.05, 4.69) is 36.0 Å². The van der Waals surface area contributed by atoms with Crippen molar-refractivity contribution >= 4 is 27.8 Å². The van der Waals surface area contributed by atoms with Crippen molar-refractivity contribution in [2.45, 2.75) is 40.0 Å². The fraction of sp³-hybridized carbons (Fsp3) is 0.286. The molecule has 0 bridgehead atoms. The van der Waals surface area contributed by atoms with Crippen LogP contribution in [0.15, 0.2) is 59.4 Å². The van der Waals surface area contributed by atoms with E-state index in [1.54, 1.807) is 11.0 Å². The van der Waals surface area contributed by atoms with E-state index in [4.69, 9.17) is 4.98 Å². The van der Waals surface area contributed by atoms with E-state index < -0.39 is 0 Å². The zero-order chi connectivity index (χ0) is 25.6. The quantitative estimate of drug-likeness (QED) is 0.367. The summed E-state index contributed by atoms with van der Waals surface area (Å²) >= 11 is 0.